The average molecular weight is 491 g/mol. The monoisotopic (exact) mass is 490 g/mol. The summed E-state index contributed by atoms with van der Waals surface area (Å²) >= 11 is 0. The van der Waals surface area contributed by atoms with E-state index in [4.69, 9.17) is 4.74 Å². The van der Waals surface area contributed by atoms with Crippen LogP contribution in [0.1, 0.15) is 53.9 Å². The number of ether oxygens (including phenoxy) is 1. The molecule has 2 aromatic heterocycles. The second-order valence-corrected chi connectivity index (χ2v) is 9.56. The molecule has 9 heteroatoms. The molecule has 2 amide bonds. The molecular formula is C27H27FN4O4. The zero-order valence-electron chi connectivity index (χ0n) is 20.1. The highest BCUT2D eigenvalue weighted by atomic mass is 19.1. The van der Waals surface area contributed by atoms with Crippen molar-refractivity contribution in [1.29, 1.82) is 0 Å². The summed E-state index contributed by atoms with van der Waals surface area (Å²) in [6.07, 6.45) is 1.59. The van der Waals surface area contributed by atoms with E-state index in [0.717, 1.165) is 11.1 Å². The van der Waals surface area contributed by atoms with Gasteiger partial charge in [0.2, 0.25) is 0 Å². The average Bonchev–Trinajstić information content (AvgIpc) is 3.50. The van der Waals surface area contributed by atoms with Crippen molar-refractivity contribution in [3.05, 3.63) is 71.0 Å². The fourth-order valence-electron chi connectivity index (χ4n) is 4.40. The standard InChI is InChI=1S/C27H27FN4O4/c1-16(2)36-26(35)32-14-20-23(21(33)15-32)19(12-17-6-4-3-5-7-17)24(30-20)18-8-11-29-22(13-18)31-25(34)27(28)9-10-27/h3-8,11,13,16,30H,9-10,12,14-15H2,1-2H3,(H,29,31,34). The van der Waals surface area contributed by atoms with Gasteiger partial charge < -0.3 is 15.0 Å². The van der Waals surface area contributed by atoms with Gasteiger partial charge in [-0.2, -0.15) is 0 Å². The lowest BCUT2D eigenvalue weighted by Crippen LogP contribution is -2.40. The molecule has 1 aliphatic carbocycles. The zero-order chi connectivity index (χ0) is 25.4. The van der Waals surface area contributed by atoms with E-state index in [1.54, 1.807) is 26.0 Å². The normalized spacial score (nSPS) is 16.0. The number of carbonyl (C=O) groups is 3. The second-order valence-electron chi connectivity index (χ2n) is 9.56. The molecule has 1 aromatic carbocycles. The number of alkyl halides is 1. The lowest BCUT2D eigenvalue weighted by atomic mass is 9.94. The Morgan fingerprint density at radius 1 is 1.19 bits per heavy atom. The molecule has 2 N–H and O–H groups in total. The summed E-state index contributed by atoms with van der Waals surface area (Å²) in [6, 6.07) is 13.2. The lowest BCUT2D eigenvalue weighted by molar-refractivity contribution is -0.122. The fourth-order valence-corrected chi connectivity index (χ4v) is 4.40. The Bertz CT molecular complexity index is 1330. The van der Waals surface area contributed by atoms with Gasteiger partial charge in [-0.25, -0.2) is 14.2 Å². The Morgan fingerprint density at radius 2 is 1.94 bits per heavy atom. The molecule has 0 unspecified atom stereocenters. The van der Waals surface area contributed by atoms with Gasteiger partial charge in [-0.3, -0.25) is 14.5 Å². The Morgan fingerprint density at radius 3 is 2.64 bits per heavy atom. The molecule has 8 nitrogen and oxygen atoms in total. The molecular weight excluding hydrogens is 463 g/mol. The fraction of sp³-hybridized carbons (Fsp3) is 0.333. The van der Waals surface area contributed by atoms with Crippen LogP contribution >= 0.6 is 0 Å². The molecule has 186 valence electrons. The number of anilines is 1. The molecule has 3 aromatic rings. The van der Waals surface area contributed by atoms with E-state index in [1.807, 2.05) is 30.3 Å². The number of aromatic amines is 1. The van der Waals surface area contributed by atoms with Crippen molar-refractivity contribution in [2.75, 3.05) is 11.9 Å². The highest BCUT2D eigenvalue weighted by Crippen LogP contribution is 2.41. The van der Waals surface area contributed by atoms with Crippen LogP contribution < -0.4 is 5.32 Å². The van der Waals surface area contributed by atoms with Gasteiger partial charge in [0, 0.05) is 29.4 Å². The van der Waals surface area contributed by atoms with Gasteiger partial charge in [0.15, 0.2) is 11.5 Å². The van der Waals surface area contributed by atoms with Gasteiger partial charge in [-0.15, -0.1) is 0 Å². The minimum absolute atomic E-state index is 0.0755. The quantitative estimate of drug-likeness (QED) is 0.523. The topological polar surface area (TPSA) is 104 Å². The number of nitrogens with one attached hydrogen (secondary N) is 2. The predicted molar refractivity (Wildman–Crippen MR) is 131 cm³/mol. The zero-order valence-corrected chi connectivity index (χ0v) is 20.1. The molecule has 0 atom stereocenters. The van der Waals surface area contributed by atoms with Crippen LogP contribution in [-0.4, -0.2) is 51.0 Å². The van der Waals surface area contributed by atoms with Crippen LogP contribution in [0.4, 0.5) is 15.0 Å². The number of H-pyrrole nitrogens is 1. The van der Waals surface area contributed by atoms with Crippen molar-refractivity contribution in [2.45, 2.75) is 51.4 Å². The highest BCUT2D eigenvalue weighted by molar-refractivity contribution is 6.04. The Balaban J connectivity index is 1.53. The molecule has 3 heterocycles. The Labute approximate surface area is 207 Å². The largest absolute Gasteiger partial charge is 0.447 e. The van der Waals surface area contributed by atoms with Crippen molar-refractivity contribution in [3.63, 3.8) is 0 Å². The Kier molecular flexibility index (Phi) is 6.07. The molecule has 36 heavy (non-hydrogen) atoms. The van der Waals surface area contributed by atoms with Crippen LogP contribution in [0, 0.1) is 0 Å². The van der Waals surface area contributed by atoms with E-state index in [2.05, 4.69) is 15.3 Å². The van der Waals surface area contributed by atoms with E-state index in [0.29, 0.717) is 28.9 Å². The molecule has 1 saturated carbocycles. The van der Waals surface area contributed by atoms with Crippen LogP contribution in [0.25, 0.3) is 11.3 Å². The number of aromatic nitrogens is 2. The maximum Gasteiger partial charge on any atom is 0.410 e. The Hall–Kier alpha value is -4.01. The third-order valence-electron chi connectivity index (χ3n) is 6.35. The third kappa shape index (κ3) is 4.73. The van der Waals surface area contributed by atoms with Gasteiger partial charge in [0.25, 0.3) is 5.91 Å². The maximum absolute atomic E-state index is 14.2. The first-order valence-electron chi connectivity index (χ1n) is 12.0. The van der Waals surface area contributed by atoms with E-state index < -0.39 is 17.7 Å². The number of pyridine rings is 1. The first-order valence-corrected chi connectivity index (χ1v) is 12.0. The van der Waals surface area contributed by atoms with Crippen LogP contribution in [0.3, 0.4) is 0 Å². The van der Waals surface area contributed by atoms with E-state index in [-0.39, 0.29) is 43.6 Å². The summed E-state index contributed by atoms with van der Waals surface area (Å²) in [4.78, 5) is 46.9. The van der Waals surface area contributed by atoms with Crippen LogP contribution in [-0.2, 0) is 22.5 Å². The van der Waals surface area contributed by atoms with Crippen LogP contribution in [0.5, 0.6) is 0 Å². The van der Waals surface area contributed by atoms with E-state index in [9.17, 15) is 18.8 Å². The number of amides is 2. The summed E-state index contributed by atoms with van der Waals surface area (Å²) in [5.41, 5.74) is 2.56. The van der Waals surface area contributed by atoms with Crippen LogP contribution in [0.15, 0.2) is 48.7 Å². The first-order chi connectivity index (χ1) is 17.2. The molecule has 1 aliphatic heterocycles. The maximum atomic E-state index is 14.2. The summed E-state index contributed by atoms with van der Waals surface area (Å²) in [5, 5.41) is 2.56. The number of nitrogens with zero attached hydrogens (tertiary/aromatic N) is 2. The van der Waals surface area contributed by atoms with Crippen molar-refractivity contribution in [3.8, 4) is 11.3 Å². The molecule has 0 spiro atoms. The number of hydrogen-bond acceptors (Lipinski definition) is 5. The van der Waals surface area contributed by atoms with E-state index >= 15 is 0 Å². The van der Waals surface area contributed by atoms with Crippen molar-refractivity contribution >= 4 is 23.6 Å². The second kappa shape index (κ2) is 9.22. The number of ketones is 1. The number of fused-ring (bicyclic) bond motifs is 1. The lowest BCUT2D eigenvalue weighted by Gasteiger charge is -2.26. The number of Topliss-reactive ketones (excluding diaryl/α,β-unsaturated/α-hetero) is 1. The molecule has 1 fully saturated rings. The molecule has 0 bridgehead atoms. The number of hydrogen-bond donors (Lipinski definition) is 2. The number of benzene rings is 1. The van der Waals surface area contributed by atoms with Gasteiger partial charge in [0.1, 0.15) is 5.82 Å². The smallest absolute Gasteiger partial charge is 0.410 e. The first kappa shape index (κ1) is 23.7. The SMILES string of the molecule is CC(C)OC(=O)N1CC(=O)c2c([nH]c(-c3ccnc(NC(=O)C4(F)CC4)c3)c2Cc2ccccc2)C1. The minimum Gasteiger partial charge on any atom is -0.447 e. The summed E-state index contributed by atoms with van der Waals surface area (Å²) < 4.78 is 19.5. The van der Waals surface area contributed by atoms with Crippen molar-refractivity contribution in [2.24, 2.45) is 0 Å². The molecule has 0 radical (unpaired) electrons. The summed E-state index contributed by atoms with van der Waals surface area (Å²) in [5.74, 6) is -0.647. The van der Waals surface area contributed by atoms with Gasteiger partial charge in [-0.05, 0) is 49.9 Å². The molecule has 0 saturated heterocycles. The number of carbonyl (C=O) groups excluding carboxylic acids is 3. The van der Waals surface area contributed by atoms with Gasteiger partial charge >= 0.3 is 6.09 Å². The van der Waals surface area contributed by atoms with Crippen molar-refractivity contribution in [1.82, 2.24) is 14.9 Å². The van der Waals surface area contributed by atoms with E-state index in [1.165, 1.54) is 11.1 Å². The van der Waals surface area contributed by atoms with Crippen molar-refractivity contribution < 1.29 is 23.5 Å². The van der Waals surface area contributed by atoms with Gasteiger partial charge in [0.05, 0.1) is 24.9 Å². The highest BCUT2D eigenvalue weighted by Gasteiger charge is 2.51. The molecule has 2 aliphatic rings. The third-order valence-corrected chi connectivity index (χ3v) is 6.35. The number of rotatable bonds is 6. The summed E-state index contributed by atoms with van der Waals surface area (Å²) in [7, 11) is 0. The minimum atomic E-state index is -1.82. The predicted octanol–water partition coefficient (Wildman–Crippen LogP) is 4.65. The van der Waals surface area contributed by atoms with Crippen LogP contribution in [0.2, 0.25) is 0 Å². The van der Waals surface area contributed by atoms with Gasteiger partial charge in [-0.1, -0.05) is 30.3 Å². The molecule has 5 rings (SSSR count). The summed E-state index contributed by atoms with van der Waals surface area (Å²) in [6.45, 7) is 3.64. The number of halogens is 1.